The molecule has 0 spiro atoms. The van der Waals surface area contributed by atoms with Gasteiger partial charge in [-0.05, 0) is 24.3 Å². The van der Waals surface area contributed by atoms with Gasteiger partial charge in [0.25, 0.3) is 0 Å². The fourth-order valence-corrected chi connectivity index (χ4v) is 2.51. The summed E-state index contributed by atoms with van der Waals surface area (Å²) in [6.45, 7) is 0. The Bertz CT molecular complexity index is 968. The number of anilines is 2. The largest absolute Gasteiger partial charge is 0.479 e. The molecule has 0 aliphatic carbocycles. The summed E-state index contributed by atoms with van der Waals surface area (Å²) >= 11 is 0. The van der Waals surface area contributed by atoms with E-state index in [0.29, 0.717) is 27.5 Å². The quantitative estimate of drug-likeness (QED) is 0.246. The zero-order valence-corrected chi connectivity index (χ0v) is 11.9. The van der Waals surface area contributed by atoms with Crippen molar-refractivity contribution < 1.29 is 19.8 Å². The maximum Gasteiger partial charge on any atom is 0.340 e. The van der Waals surface area contributed by atoms with Crippen LogP contribution in [-0.4, -0.2) is 33.1 Å². The van der Waals surface area contributed by atoms with Crippen LogP contribution < -0.4 is 11.5 Å². The van der Waals surface area contributed by atoms with Crippen molar-refractivity contribution in [3.8, 4) is 0 Å². The van der Waals surface area contributed by atoms with Gasteiger partial charge in [0.05, 0.1) is 16.7 Å². The van der Waals surface area contributed by atoms with Gasteiger partial charge in [0, 0.05) is 22.0 Å². The first-order valence-corrected chi connectivity index (χ1v) is 6.72. The number of nitrogen functional groups attached to an aromatic ring is 2. The van der Waals surface area contributed by atoms with E-state index in [-0.39, 0.29) is 11.3 Å². The number of fused-ring (bicyclic) bond motifs is 2. The molecule has 116 valence electrons. The van der Waals surface area contributed by atoms with E-state index in [0.717, 1.165) is 0 Å². The predicted octanol–water partition coefficient (Wildman–Crippen LogP) is 1.18. The van der Waals surface area contributed by atoms with Gasteiger partial charge in [0.1, 0.15) is 0 Å². The number of aliphatic hydroxyl groups excluding tert-OH is 1. The highest BCUT2D eigenvalue weighted by Crippen LogP contribution is 2.32. The van der Waals surface area contributed by atoms with E-state index in [2.05, 4.69) is 4.98 Å². The highest BCUT2D eigenvalue weighted by atomic mass is 16.4. The second-order valence-electron chi connectivity index (χ2n) is 5.11. The SMILES string of the molecule is Nc1ccc2c(N)c3c(C(=O)C(O)C(=O)O)cccc3nc2c1. The number of Topliss-reactive ketones (excluding diaryl/α,β-unsaturated/α-hetero) is 1. The first-order valence-electron chi connectivity index (χ1n) is 6.72. The summed E-state index contributed by atoms with van der Waals surface area (Å²) in [7, 11) is 0. The molecule has 7 heteroatoms. The molecule has 0 aliphatic heterocycles. The van der Waals surface area contributed by atoms with Crippen molar-refractivity contribution in [3.05, 3.63) is 42.0 Å². The lowest BCUT2D eigenvalue weighted by molar-refractivity contribution is -0.143. The Balaban J connectivity index is 2.35. The van der Waals surface area contributed by atoms with Crippen molar-refractivity contribution in [2.45, 2.75) is 6.10 Å². The Morgan fingerprint density at radius 3 is 2.52 bits per heavy atom. The van der Waals surface area contributed by atoms with Crippen molar-refractivity contribution >= 4 is 44.9 Å². The molecule has 0 fully saturated rings. The standard InChI is InChI=1S/C16H13N3O4/c17-7-4-5-8-11(6-7)19-10-3-1-2-9(12(10)13(8)18)14(20)15(21)16(22)23/h1-6,15,21H,17H2,(H2,18,19)(H,22,23). The first-order chi connectivity index (χ1) is 10.9. The van der Waals surface area contributed by atoms with Crippen molar-refractivity contribution in [1.82, 2.24) is 4.98 Å². The topological polar surface area (TPSA) is 140 Å². The number of nitrogens with two attached hydrogens (primary N) is 2. The molecule has 6 N–H and O–H groups in total. The highest BCUT2D eigenvalue weighted by Gasteiger charge is 2.26. The van der Waals surface area contributed by atoms with E-state index in [1.54, 1.807) is 30.3 Å². The Labute approximate surface area is 130 Å². The van der Waals surface area contributed by atoms with Crippen LogP contribution in [0, 0.1) is 0 Å². The van der Waals surface area contributed by atoms with Gasteiger partial charge in [-0.1, -0.05) is 12.1 Å². The summed E-state index contributed by atoms with van der Waals surface area (Å²) in [5.74, 6) is -2.56. The molecular weight excluding hydrogens is 298 g/mol. The molecule has 3 aromatic rings. The van der Waals surface area contributed by atoms with E-state index in [4.69, 9.17) is 16.6 Å². The van der Waals surface area contributed by atoms with Crippen LogP contribution in [0.1, 0.15) is 10.4 Å². The molecule has 1 atom stereocenters. The number of hydrogen-bond acceptors (Lipinski definition) is 6. The molecule has 3 rings (SSSR count). The minimum Gasteiger partial charge on any atom is -0.479 e. The second-order valence-corrected chi connectivity index (χ2v) is 5.11. The Morgan fingerprint density at radius 1 is 1.09 bits per heavy atom. The van der Waals surface area contributed by atoms with Gasteiger partial charge in [-0.15, -0.1) is 0 Å². The number of hydrogen-bond donors (Lipinski definition) is 4. The number of carbonyl (C=O) groups is 2. The lowest BCUT2D eigenvalue weighted by Crippen LogP contribution is -2.29. The molecule has 7 nitrogen and oxygen atoms in total. The number of pyridine rings is 1. The van der Waals surface area contributed by atoms with Crippen LogP contribution in [0.4, 0.5) is 11.4 Å². The molecule has 0 amide bonds. The van der Waals surface area contributed by atoms with Gasteiger partial charge in [0.2, 0.25) is 11.9 Å². The molecule has 0 saturated heterocycles. The third-order valence-corrected chi connectivity index (χ3v) is 3.61. The second kappa shape index (κ2) is 5.22. The number of benzene rings is 2. The van der Waals surface area contributed by atoms with Gasteiger partial charge in [-0.3, -0.25) is 4.79 Å². The van der Waals surface area contributed by atoms with E-state index in [1.807, 2.05) is 0 Å². The average Bonchev–Trinajstić information content (AvgIpc) is 2.52. The zero-order valence-electron chi connectivity index (χ0n) is 11.9. The summed E-state index contributed by atoms with van der Waals surface area (Å²) in [6, 6.07) is 9.61. The average molecular weight is 311 g/mol. The van der Waals surface area contributed by atoms with Crippen LogP contribution in [0.5, 0.6) is 0 Å². The molecule has 1 heterocycles. The molecule has 1 unspecified atom stereocenters. The molecular formula is C16H13N3O4. The maximum atomic E-state index is 12.2. The van der Waals surface area contributed by atoms with Crippen molar-refractivity contribution in [2.75, 3.05) is 11.5 Å². The fraction of sp³-hybridized carbons (Fsp3) is 0.0625. The lowest BCUT2D eigenvalue weighted by Gasteiger charge is -2.12. The number of aliphatic hydroxyl groups is 1. The van der Waals surface area contributed by atoms with Gasteiger partial charge < -0.3 is 21.7 Å². The maximum absolute atomic E-state index is 12.2. The van der Waals surface area contributed by atoms with Gasteiger partial charge in [-0.2, -0.15) is 0 Å². The molecule has 0 aliphatic rings. The number of nitrogens with zero attached hydrogens (tertiary/aromatic N) is 1. The summed E-state index contributed by atoms with van der Waals surface area (Å²) in [5, 5.41) is 19.3. The minimum absolute atomic E-state index is 0.0149. The number of rotatable bonds is 3. The monoisotopic (exact) mass is 311 g/mol. The predicted molar refractivity (Wildman–Crippen MR) is 86.0 cm³/mol. The van der Waals surface area contributed by atoms with E-state index in [1.165, 1.54) is 6.07 Å². The van der Waals surface area contributed by atoms with Crippen LogP contribution in [0.3, 0.4) is 0 Å². The number of aromatic nitrogens is 1. The minimum atomic E-state index is -2.15. The fourth-order valence-electron chi connectivity index (χ4n) is 2.51. The third kappa shape index (κ3) is 2.33. The number of carboxylic acids is 1. The van der Waals surface area contributed by atoms with Crippen molar-refractivity contribution in [1.29, 1.82) is 0 Å². The number of aliphatic carboxylic acids is 1. The van der Waals surface area contributed by atoms with Gasteiger partial charge >= 0.3 is 5.97 Å². The summed E-state index contributed by atoms with van der Waals surface area (Å²) < 4.78 is 0. The molecule has 23 heavy (non-hydrogen) atoms. The molecule has 1 aromatic heterocycles. The summed E-state index contributed by atoms with van der Waals surface area (Å²) in [5.41, 5.74) is 13.7. The first kappa shape index (κ1) is 14.7. The Hall–Kier alpha value is -3.19. The van der Waals surface area contributed by atoms with Crippen LogP contribution in [0.2, 0.25) is 0 Å². The van der Waals surface area contributed by atoms with E-state index in [9.17, 15) is 14.7 Å². The van der Waals surface area contributed by atoms with E-state index >= 15 is 0 Å². The normalized spacial score (nSPS) is 12.4. The number of carboxylic acid groups (broad SMARTS) is 1. The number of ketones is 1. The summed E-state index contributed by atoms with van der Waals surface area (Å²) in [4.78, 5) is 27.5. The molecule has 2 aromatic carbocycles. The Kier molecular flexibility index (Phi) is 3.34. The van der Waals surface area contributed by atoms with E-state index < -0.39 is 17.9 Å². The number of carbonyl (C=O) groups excluding carboxylic acids is 1. The van der Waals surface area contributed by atoms with Crippen molar-refractivity contribution in [3.63, 3.8) is 0 Å². The van der Waals surface area contributed by atoms with Crippen LogP contribution in [0.15, 0.2) is 36.4 Å². The van der Waals surface area contributed by atoms with Crippen LogP contribution >= 0.6 is 0 Å². The smallest absolute Gasteiger partial charge is 0.340 e. The van der Waals surface area contributed by atoms with Crippen LogP contribution in [-0.2, 0) is 4.79 Å². The molecule has 0 radical (unpaired) electrons. The van der Waals surface area contributed by atoms with Gasteiger partial charge in [-0.25, -0.2) is 9.78 Å². The lowest BCUT2D eigenvalue weighted by atomic mass is 9.98. The highest BCUT2D eigenvalue weighted by molar-refractivity contribution is 6.21. The molecule has 0 bridgehead atoms. The Morgan fingerprint density at radius 2 is 1.83 bits per heavy atom. The van der Waals surface area contributed by atoms with Crippen molar-refractivity contribution in [2.24, 2.45) is 0 Å². The van der Waals surface area contributed by atoms with Crippen LogP contribution in [0.25, 0.3) is 21.8 Å². The third-order valence-electron chi connectivity index (χ3n) is 3.61. The molecule has 0 saturated carbocycles. The summed E-state index contributed by atoms with van der Waals surface area (Å²) in [6.07, 6.45) is -2.15. The zero-order chi connectivity index (χ0) is 16.7. The van der Waals surface area contributed by atoms with Gasteiger partial charge in [0.15, 0.2) is 0 Å².